The van der Waals surface area contributed by atoms with Gasteiger partial charge in [-0.15, -0.1) is 0 Å². The van der Waals surface area contributed by atoms with Gasteiger partial charge >= 0.3 is 0 Å². The minimum atomic E-state index is -0.0868. The van der Waals surface area contributed by atoms with Crippen molar-refractivity contribution >= 4 is 16.9 Å². The summed E-state index contributed by atoms with van der Waals surface area (Å²) in [6.07, 6.45) is 1.91. The van der Waals surface area contributed by atoms with Crippen LogP contribution in [0.1, 0.15) is 15.9 Å². The van der Waals surface area contributed by atoms with Gasteiger partial charge in [-0.3, -0.25) is 4.79 Å². The summed E-state index contributed by atoms with van der Waals surface area (Å²) in [6.45, 7) is 0. The Bertz CT molecular complexity index is 1180. The number of pyridine rings is 1. The molecule has 0 saturated carbocycles. The largest absolute Gasteiger partial charge is 0.493 e. The fraction of sp³-hybridized carbons (Fsp3) is 0.174. The van der Waals surface area contributed by atoms with Crippen LogP contribution in [0, 0.1) is 0 Å². The number of rotatable bonds is 7. The molecule has 30 heavy (non-hydrogen) atoms. The zero-order valence-corrected chi connectivity index (χ0v) is 16.9. The highest BCUT2D eigenvalue weighted by Gasteiger charge is 2.21. The molecule has 0 bridgehead atoms. The number of methoxy groups -OCH3 is 3. The predicted molar refractivity (Wildman–Crippen MR) is 113 cm³/mol. The number of carbonyl (C=O) groups excluding carboxylic acids is 1. The van der Waals surface area contributed by atoms with Crippen LogP contribution in [0.15, 0.2) is 54.7 Å². The predicted octanol–water partition coefficient (Wildman–Crippen LogP) is 4.08. The molecule has 0 radical (unpaired) electrons. The molecule has 2 aromatic carbocycles. The van der Waals surface area contributed by atoms with Gasteiger partial charge in [0.2, 0.25) is 5.75 Å². The Morgan fingerprint density at radius 3 is 2.53 bits per heavy atom. The molecule has 7 heteroatoms. The molecule has 152 valence electrons. The van der Waals surface area contributed by atoms with E-state index in [9.17, 15) is 4.79 Å². The van der Waals surface area contributed by atoms with Crippen LogP contribution in [0.2, 0.25) is 0 Å². The van der Waals surface area contributed by atoms with Gasteiger partial charge in [0.05, 0.1) is 32.4 Å². The molecule has 2 aromatic heterocycles. The first-order valence-corrected chi connectivity index (χ1v) is 9.36. The molecule has 0 fully saturated rings. The number of aromatic amines is 1. The third-order valence-corrected chi connectivity index (χ3v) is 4.83. The highest BCUT2D eigenvalue weighted by Crippen LogP contribution is 2.40. The van der Waals surface area contributed by atoms with Gasteiger partial charge in [0.15, 0.2) is 22.9 Å². The van der Waals surface area contributed by atoms with Gasteiger partial charge in [0, 0.05) is 18.2 Å². The van der Waals surface area contributed by atoms with Crippen LogP contribution in [0.5, 0.6) is 17.2 Å². The van der Waals surface area contributed by atoms with Crippen LogP contribution in [0.25, 0.3) is 22.6 Å². The van der Waals surface area contributed by atoms with Crippen molar-refractivity contribution in [2.75, 3.05) is 21.3 Å². The van der Waals surface area contributed by atoms with E-state index >= 15 is 0 Å². The van der Waals surface area contributed by atoms with Gasteiger partial charge in [-0.1, -0.05) is 18.2 Å². The molecule has 0 unspecified atom stereocenters. The zero-order valence-electron chi connectivity index (χ0n) is 16.9. The first-order chi connectivity index (χ1) is 14.6. The van der Waals surface area contributed by atoms with E-state index in [2.05, 4.69) is 15.0 Å². The Hall–Kier alpha value is -3.87. The Labute approximate surface area is 173 Å². The molecule has 4 rings (SSSR count). The summed E-state index contributed by atoms with van der Waals surface area (Å²) < 4.78 is 16.1. The molecule has 0 aliphatic rings. The molecule has 0 saturated heterocycles. The molecule has 0 amide bonds. The SMILES string of the molecule is COc1ccc(C(=O)Cc2cccc(-c3nc4ncccc4[nH]3)c2)c(OC)c1OC. The highest BCUT2D eigenvalue weighted by molar-refractivity contribution is 6.01. The van der Waals surface area contributed by atoms with Crippen LogP contribution >= 0.6 is 0 Å². The quantitative estimate of drug-likeness (QED) is 0.468. The monoisotopic (exact) mass is 403 g/mol. The number of ether oxygens (including phenoxy) is 3. The number of hydrogen-bond acceptors (Lipinski definition) is 6. The lowest BCUT2D eigenvalue weighted by Gasteiger charge is -2.15. The van der Waals surface area contributed by atoms with Crippen molar-refractivity contribution in [1.29, 1.82) is 0 Å². The van der Waals surface area contributed by atoms with Crippen molar-refractivity contribution in [2.24, 2.45) is 0 Å². The fourth-order valence-electron chi connectivity index (χ4n) is 3.41. The van der Waals surface area contributed by atoms with Crippen LogP contribution in [-0.2, 0) is 6.42 Å². The maximum Gasteiger partial charge on any atom is 0.204 e. The van der Waals surface area contributed by atoms with Crippen LogP contribution < -0.4 is 14.2 Å². The lowest BCUT2D eigenvalue weighted by molar-refractivity contribution is 0.0989. The number of H-pyrrole nitrogens is 1. The Morgan fingerprint density at radius 2 is 1.80 bits per heavy atom. The van der Waals surface area contributed by atoms with E-state index in [1.54, 1.807) is 18.3 Å². The third kappa shape index (κ3) is 3.57. The minimum absolute atomic E-state index is 0.0868. The van der Waals surface area contributed by atoms with Crippen molar-refractivity contribution in [3.05, 3.63) is 65.9 Å². The molecule has 0 aliphatic heterocycles. The average Bonchev–Trinajstić information content (AvgIpc) is 3.22. The average molecular weight is 403 g/mol. The van der Waals surface area contributed by atoms with E-state index in [0.717, 1.165) is 16.6 Å². The van der Waals surface area contributed by atoms with E-state index in [1.807, 2.05) is 36.4 Å². The van der Waals surface area contributed by atoms with Crippen LogP contribution in [0.4, 0.5) is 0 Å². The Kier molecular flexibility index (Phi) is 5.34. The normalized spacial score (nSPS) is 10.8. The molecule has 1 N–H and O–H groups in total. The number of nitrogens with one attached hydrogen (secondary N) is 1. The van der Waals surface area contributed by atoms with Gasteiger partial charge in [0.25, 0.3) is 0 Å². The van der Waals surface area contributed by atoms with Gasteiger partial charge in [-0.05, 0) is 35.9 Å². The summed E-state index contributed by atoms with van der Waals surface area (Å²) in [5, 5.41) is 0. The van der Waals surface area contributed by atoms with Crippen molar-refractivity contribution in [3.8, 4) is 28.6 Å². The van der Waals surface area contributed by atoms with E-state index in [-0.39, 0.29) is 12.2 Å². The first-order valence-electron chi connectivity index (χ1n) is 9.36. The van der Waals surface area contributed by atoms with Crippen molar-refractivity contribution in [1.82, 2.24) is 15.0 Å². The van der Waals surface area contributed by atoms with Crippen molar-refractivity contribution in [3.63, 3.8) is 0 Å². The second kappa shape index (κ2) is 8.24. The topological polar surface area (TPSA) is 86.3 Å². The number of carbonyl (C=O) groups is 1. The molecule has 4 aromatic rings. The molecule has 0 spiro atoms. The number of aromatic nitrogens is 3. The van der Waals surface area contributed by atoms with E-state index in [1.165, 1.54) is 21.3 Å². The smallest absolute Gasteiger partial charge is 0.204 e. The van der Waals surface area contributed by atoms with E-state index in [0.29, 0.717) is 34.3 Å². The number of Topliss-reactive ketones (excluding diaryl/α,β-unsaturated/α-hetero) is 1. The molecule has 0 atom stereocenters. The van der Waals surface area contributed by atoms with Crippen molar-refractivity contribution < 1.29 is 19.0 Å². The number of nitrogens with zero attached hydrogens (tertiary/aromatic N) is 2. The second-order valence-electron chi connectivity index (χ2n) is 6.64. The number of fused-ring (bicyclic) bond motifs is 1. The second-order valence-corrected chi connectivity index (χ2v) is 6.64. The van der Waals surface area contributed by atoms with Crippen LogP contribution in [0.3, 0.4) is 0 Å². The lowest BCUT2D eigenvalue weighted by Crippen LogP contribution is -2.07. The maximum absolute atomic E-state index is 13.0. The van der Waals surface area contributed by atoms with Gasteiger partial charge in [-0.25, -0.2) is 9.97 Å². The highest BCUT2D eigenvalue weighted by atomic mass is 16.5. The molecule has 7 nitrogen and oxygen atoms in total. The summed E-state index contributed by atoms with van der Waals surface area (Å²) in [6, 6.07) is 14.9. The van der Waals surface area contributed by atoms with Gasteiger partial charge < -0.3 is 19.2 Å². The summed E-state index contributed by atoms with van der Waals surface area (Å²) in [5.74, 6) is 1.89. The zero-order chi connectivity index (χ0) is 21.1. The Morgan fingerprint density at radius 1 is 0.967 bits per heavy atom. The first kappa shape index (κ1) is 19.4. The Balaban J connectivity index is 1.64. The number of benzene rings is 2. The summed E-state index contributed by atoms with van der Waals surface area (Å²) in [5.41, 5.74) is 3.71. The summed E-state index contributed by atoms with van der Waals surface area (Å²) in [7, 11) is 4.56. The van der Waals surface area contributed by atoms with Gasteiger partial charge in [0.1, 0.15) is 5.82 Å². The lowest BCUT2D eigenvalue weighted by atomic mass is 10.00. The van der Waals surface area contributed by atoms with Crippen LogP contribution in [-0.4, -0.2) is 42.1 Å². The number of hydrogen-bond donors (Lipinski definition) is 1. The minimum Gasteiger partial charge on any atom is -0.493 e. The molecule has 0 aliphatic carbocycles. The number of ketones is 1. The van der Waals surface area contributed by atoms with Crippen molar-refractivity contribution in [2.45, 2.75) is 6.42 Å². The standard InChI is InChI=1S/C23H21N3O4/c1-28-19-10-9-16(20(29-2)21(19)30-3)18(27)13-14-6-4-7-15(12-14)22-25-17-8-5-11-24-23(17)26-22/h4-12H,13H2,1-3H3,(H,24,25,26). The summed E-state index contributed by atoms with van der Waals surface area (Å²) >= 11 is 0. The summed E-state index contributed by atoms with van der Waals surface area (Å²) in [4.78, 5) is 25.1. The van der Waals surface area contributed by atoms with E-state index in [4.69, 9.17) is 14.2 Å². The third-order valence-electron chi connectivity index (χ3n) is 4.83. The fourth-order valence-corrected chi connectivity index (χ4v) is 3.41. The molecule has 2 heterocycles. The van der Waals surface area contributed by atoms with Gasteiger partial charge in [-0.2, -0.15) is 0 Å². The molecular formula is C23H21N3O4. The molecular weight excluding hydrogens is 382 g/mol. The van der Waals surface area contributed by atoms with E-state index < -0.39 is 0 Å². The maximum atomic E-state index is 13.0. The number of imidazole rings is 1.